The van der Waals surface area contributed by atoms with E-state index in [1.807, 2.05) is 0 Å². The van der Waals surface area contributed by atoms with Gasteiger partial charge in [0.1, 0.15) is 24.4 Å². The molecule has 0 radical (unpaired) electrons. The van der Waals surface area contributed by atoms with Crippen LogP contribution in [0.2, 0.25) is 0 Å². The van der Waals surface area contributed by atoms with Crippen molar-refractivity contribution in [2.24, 2.45) is 0 Å². The molecule has 7 atom stereocenters. The molecular formula is C47H93NO11S. The van der Waals surface area contributed by atoms with E-state index in [-0.39, 0.29) is 12.5 Å². The normalized spacial score (nSPS) is 20.7. The van der Waals surface area contributed by atoms with E-state index in [2.05, 4.69) is 23.3 Å². The van der Waals surface area contributed by atoms with Crippen molar-refractivity contribution in [2.45, 2.75) is 281 Å². The van der Waals surface area contributed by atoms with Crippen LogP contribution >= 0.6 is 0 Å². The summed E-state index contributed by atoms with van der Waals surface area (Å²) in [6.07, 6.45) is 32.4. The summed E-state index contributed by atoms with van der Waals surface area (Å²) in [4.78, 5) is 13.1. The Bertz CT molecular complexity index is 1080. The molecule has 1 aliphatic heterocycles. The Morgan fingerprint density at radius 2 is 0.967 bits per heavy atom. The molecule has 0 spiro atoms. The number of ether oxygens (including phenoxy) is 2. The standard InChI is InChI=1S/C47H93NO11S/c1-3-5-7-9-11-13-15-17-19-21-23-25-27-29-31-33-35-37-43(51)48-40(39-57-47-45(53)46(59-60(54,55)56)44(52)42(38-49)58-47)41(50)36-34-32-30-28-26-24-22-20-18-16-14-12-10-8-6-4-2/h40-42,44-47,49-50,52-53H,3-39H2,1-2H3,(H,48,51)(H,54,55,56). The van der Waals surface area contributed by atoms with Crippen LogP contribution in [-0.4, -0.2) is 95.4 Å². The lowest BCUT2D eigenvalue weighted by Gasteiger charge is -2.41. The van der Waals surface area contributed by atoms with Gasteiger partial charge in [0.15, 0.2) is 6.29 Å². The Hall–Kier alpha value is -0.900. The molecule has 1 saturated heterocycles. The molecule has 60 heavy (non-hydrogen) atoms. The highest BCUT2D eigenvalue weighted by Gasteiger charge is 2.48. The molecule has 1 amide bonds. The first-order valence-electron chi connectivity index (χ1n) is 24.9. The third kappa shape index (κ3) is 31.0. The molecule has 13 heteroatoms. The van der Waals surface area contributed by atoms with Crippen LogP contribution in [0.1, 0.15) is 239 Å². The van der Waals surface area contributed by atoms with E-state index in [9.17, 15) is 38.2 Å². The predicted molar refractivity (Wildman–Crippen MR) is 241 cm³/mol. The lowest BCUT2D eigenvalue weighted by Crippen LogP contribution is -2.61. The second-order valence-corrected chi connectivity index (χ2v) is 18.8. The van der Waals surface area contributed by atoms with Gasteiger partial charge in [0.2, 0.25) is 5.91 Å². The van der Waals surface area contributed by atoms with Crippen LogP contribution in [0.3, 0.4) is 0 Å². The molecule has 0 saturated carbocycles. The van der Waals surface area contributed by atoms with Crippen molar-refractivity contribution in [1.82, 2.24) is 5.32 Å². The zero-order chi connectivity index (χ0) is 44.1. The van der Waals surface area contributed by atoms with Gasteiger partial charge in [-0.2, -0.15) is 8.42 Å². The molecule has 0 aromatic carbocycles. The summed E-state index contributed by atoms with van der Waals surface area (Å²) in [6, 6.07) is -0.851. The summed E-state index contributed by atoms with van der Waals surface area (Å²) in [5.41, 5.74) is 0. The monoisotopic (exact) mass is 880 g/mol. The number of amides is 1. The first kappa shape index (κ1) is 57.1. The fourth-order valence-corrected chi connectivity index (χ4v) is 8.79. The van der Waals surface area contributed by atoms with Crippen LogP contribution in [0, 0.1) is 0 Å². The lowest BCUT2D eigenvalue weighted by atomic mass is 9.99. The fraction of sp³-hybridized carbons (Fsp3) is 0.979. The molecule has 0 aromatic heterocycles. The Labute approximate surface area is 367 Å². The zero-order valence-electron chi connectivity index (χ0n) is 38.3. The number of unbranched alkanes of at least 4 members (excludes halogenated alkanes) is 31. The fourth-order valence-electron chi connectivity index (χ4n) is 8.28. The quantitative estimate of drug-likeness (QED) is 0.0252. The smallest absolute Gasteiger partial charge is 0.394 e. The number of hydrogen-bond acceptors (Lipinski definition) is 10. The van der Waals surface area contributed by atoms with Gasteiger partial charge in [-0.25, -0.2) is 4.18 Å². The molecular weight excluding hydrogens is 787 g/mol. The number of hydrogen-bond donors (Lipinski definition) is 6. The third-order valence-electron chi connectivity index (χ3n) is 12.2. The van der Waals surface area contributed by atoms with E-state index in [0.717, 1.165) is 51.4 Å². The minimum atomic E-state index is -5.07. The van der Waals surface area contributed by atoms with Gasteiger partial charge < -0.3 is 35.2 Å². The Morgan fingerprint density at radius 1 is 0.600 bits per heavy atom. The largest absolute Gasteiger partial charge is 0.397 e. The molecule has 1 rings (SSSR count). The highest BCUT2D eigenvalue weighted by molar-refractivity contribution is 7.80. The maximum atomic E-state index is 13.1. The summed E-state index contributed by atoms with van der Waals surface area (Å²) in [7, 11) is -5.07. The van der Waals surface area contributed by atoms with Gasteiger partial charge in [0, 0.05) is 6.42 Å². The first-order chi connectivity index (χ1) is 29.0. The SMILES string of the molecule is CCCCCCCCCCCCCCCCCCCC(=O)NC(COC1OC(CO)C(O)C(OS(=O)(=O)O)C1O)C(O)CCCCCCCCCCCCCCCCCC. The Morgan fingerprint density at radius 3 is 1.33 bits per heavy atom. The highest BCUT2D eigenvalue weighted by Crippen LogP contribution is 2.26. The maximum Gasteiger partial charge on any atom is 0.397 e. The van der Waals surface area contributed by atoms with E-state index in [1.54, 1.807) is 0 Å². The number of rotatable bonds is 43. The van der Waals surface area contributed by atoms with E-state index in [4.69, 9.17) is 9.47 Å². The second kappa shape index (κ2) is 38.5. The molecule has 0 bridgehead atoms. The topological polar surface area (TPSA) is 192 Å². The van der Waals surface area contributed by atoms with Gasteiger partial charge in [-0.3, -0.25) is 9.35 Å². The van der Waals surface area contributed by atoms with Crippen LogP contribution < -0.4 is 5.32 Å². The van der Waals surface area contributed by atoms with Crippen LogP contribution in [0.4, 0.5) is 0 Å². The maximum absolute atomic E-state index is 13.1. The molecule has 1 fully saturated rings. The molecule has 7 unspecified atom stereocenters. The van der Waals surface area contributed by atoms with E-state index in [0.29, 0.717) is 12.8 Å². The lowest BCUT2D eigenvalue weighted by molar-refractivity contribution is -0.298. The van der Waals surface area contributed by atoms with Crippen LogP contribution in [0.15, 0.2) is 0 Å². The molecule has 358 valence electrons. The summed E-state index contributed by atoms with van der Waals surface area (Å²) in [6.45, 7) is 3.47. The summed E-state index contributed by atoms with van der Waals surface area (Å²) in [5.74, 6) is -0.225. The molecule has 0 aromatic rings. The summed E-state index contributed by atoms with van der Waals surface area (Å²) in [5, 5.41) is 44.9. The van der Waals surface area contributed by atoms with Crippen molar-refractivity contribution in [3.63, 3.8) is 0 Å². The first-order valence-corrected chi connectivity index (χ1v) is 26.3. The van der Waals surface area contributed by atoms with Gasteiger partial charge in [0.25, 0.3) is 0 Å². The van der Waals surface area contributed by atoms with E-state index < -0.39 is 59.9 Å². The summed E-state index contributed by atoms with van der Waals surface area (Å²) >= 11 is 0. The number of carbonyl (C=O) groups is 1. The predicted octanol–water partition coefficient (Wildman–Crippen LogP) is 10.2. The minimum absolute atomic E-state index is 0.225. The van der Waals surface area contributed by atoms with E-state index >= 15 is 0 Å². The van der Waals surface area contributed by atoms with Crippen molar-refractivity contribution in [3.8, 4) is 0 Å². The Balaban J connectivity index is 2.44. The average Bonchev–Trinajstić information content (AvgIpc) is 3.22. The van der Waals surface area contributed by atoms with Crippen molar-refractivity contribution >= 4 is 16.3 Å². The molecule has 0 aliphatic carbocycles. The molecule has 6 N–H and O–H groups in total. The number of aliphatic hydroxyl groups excluding tert-OH is 4. The van der Waals surface area contributed by atoms with Gasteiger partial charge >= 0.3 is 10.4 Å². The van der Waals surface area contributed by atoms with Gasteiger partial charge in [-0.1, -0.05) is 219 Å². The van der Waals surface area contributed by atoms with Crippen molar-refractivity contribution in [3.05, 3.63) is 0 Å². The van der Waals surface area contributed by atoms with Gasteiger partial charge in [-0.15, -0.1) is 0 Å². The molecule has 1 heterocycles. The highest BCUT2D eigenvalue weighted by atomic mass is 32.3. The second-order valence-electron chi connectivity index (χ2n) is 17.8. The Kier molecular flexibility index (Phi) is 36.7. The van der Waals surface area contributed by atoms with Gasteiger partial charge in [0.05, 0.1) is 25.4 Å². The third-order valence-corrected chi connectivity index (χ3v) is 12.6. The van der Waals surface area contributed by atoms with E-state index in [1.165, 1.54) is 161 Å². The number of aliphatic hydroxyl groups is 4. The van der Waals surface area contributed by atoms with Crippen LogP contribution in [0.5, 0.6) is 0 Å². The van der Waals surface area contributed by atoms with Crippen LogP contribution in [-0.2, 0) is 28.9 Å². The van der Waals surface area contributed by atoms with Crippen molar-refractivity contribution in [1.29, 1.82) is 0 Å². The zero-order valence-corrected chi connectivity index (χ0v) is 39.1. The molecule has 12 nitrogen and oxygen atoms in total. The number of carbonyl (C=O) groups excluding carboxylic acids is 1. The summed E-state index contributed by atoms with van der Waals surface area (Å²) < 4.78 is 47.7. The van der Waals surface area contributed by atoms with Crippen molar-refractivity contribution < 1.29 is 51.8 Å². The minimum Gasteiger partial charge on any atom is -0.394 e. The molecule has 1 aliphatic rings. The van der Waals surface area contributed by atoms with Gasteiger partial charge in [-0.05, 0) is 12.8 Å². The van der Waals surface area contributed by atoms with Crippen molar-refractivity contribution in [2.75, 3.05) is 13.2 Å². The van der Waals surface area contributed by atoms with Crippen LogP contribution in [0.25, 0.3) is 0 Å². The number of nitrogens with one attached hydrogen (secondary N) is 1. The average molecular weight is 880 g/mol.